The summed E-state index contributed by atoms with van der Waals surface area (Å²) in [5, 5.41) is 0. The molecule has 0 atom stereocenters. The van der Waals surface area contributed by atoms with Crippen LogP contribution in [0.5, 0.6) is 0 Å². The Balaban J connectivity index is 2.86. The zero-order valence-electron chi connectivity index (χ0n) is 8.22. The molecule has 0 heterocycles. The third-order valence-corrected chi connectivity index (χ3v) is 1.62. The normalized spacial score (nSPS) is 9.80. The van der Waals surface area contributed by atoms with Gasteiger partial charge in [0, 0.05) is 0 Å². The second-order valence-corrected chi connectivity index (χ2v) is 3.13. The quantitative estimate of drug-likeness (QED) is 0.568. The lowest BCUT2D eigenvalue weighted by Crippen LogP contribution is -2.11. The van der Waals surface area contributed by atoms with Gasteiger partial charge < -0.3 is 4.74 Å². The van der Waals surface area contributed by atoms with Crippen molar-refractivity contribution >= 4 is 5.97 Å². The first-order valence-electron chi connectivity index (χ1n) is 4.28. The largest absolute Gasteiger partial charge is 0.457 e. The fraction of sp³-hybridized carbons (Fsp3) is 0.182. The first kappa shape index (κ1) is 11.4. The Labute approximate surface area is 86.2 Å². The number of esters is 1. The van der Waals surface area contributed by atoms with Crippen LogP contribution >= 0.6 is 0 Å². The Kier molecular flexibility index (Phi) is 3.55. The van der Waals surface area contributed by atoms with Crippen LogP contribution in [0.2, 0.25) is 0 Å². The number of halogens is 2. The third-order valence-electron chi connectivity index (χ3n) is 1.62. The molecule has 15 heavy (non-hydrogen) atoms. The van der Waals surface area contributed by atoms with Crippen molar-refractivity contribution in [3.63, 3.8) is 0 Å². The van der Waals surface area contributed by atoms with Crippen LogP contribution in [0.15, 0.2) is 30.4 Å². The molecule has 0 spiro atoms. The Morgan fingerprint density at radius 3 is 2.40 bits per heavy atom. The number of hydrogen-bond donors (Lipinski definition) is 0. The highest BCUT2D eigenvalue weighted by atomic mass is 19.1. The van der Waals surface area contributed by atoms with Crippen LogP contribution in [0.4, 0.5) is 8.78 Å². The number of benzene rings is 1. The van der Waals surface area contributed by atoms with E-state index >= 15 is 0 Å². The summed E-state index contributed by atoms with van der Waals surface area (Å²) in [6.07, 6.45) is 0. The summed E-state index contributed by atoms with van der Waals surface area (Å²) in [5.41, 5.74) is -0.0705. The van der Waals surface area contributed by atoms with Gasteiger partial charge >= 0.3 is 5.97 Å². The molecule has 0 bridgehead atoms. The Morgan fingerprint density at radius 1 is 1.40 bits per heavy atom. The highest BCUT2D eigenvalue weighted by molar-refractivity contribution is 5.90. The monoisotopic (exact) mass is 212 g/mol. The zero-order valence-corrected chi connectivity index (χ0v) is 8.22. The van der Waals surface area contributed by atoms with Crippen LogP contribution < -0.4 is 0 Å². The summed E-state index contributed by atoms with van der Waals surface area (Å²) in [6, 6.07) is 3.18. The molecular formula is C11H10F2O2. The molecule has 1 rings (SSSR count). The number of carbonyl (C=O) groups is 1. The lowest BCUT2D eigenvalue weighted by atomic mass is 10.2. The van der Waals surface area contributed by atoms with E-state index in [-0.39, 0.29) is 6.61 Å². The van der Waals surface area contributed by atoms with Crippen molar-refractivity contribution in [3.05, 3.63) is 47.5 Å². The molecule has 4 heteroatoms. The topological polar surface area (TPSA) is 26.3 Å². The third kappa shape index (κ3) is 2.87. The van der Waals surface area contributed by atoms with Crippen LogP contribution in [0.3, 0.4) is 0 Å². The average molecular weight is 212 g/mol. The molecule has 1 aromatic rings. The van der Waals surface area contributed by atoms with Crippen LogP contribution in [0.1, 0.15) is 17.3 Å². The molecule has 0 aliphatic carbocycles. The summed E-state index contributed by atoms with van der Waals surface area (Å²) < 4.78 is 30.8. The molecule has 0 unspecified atom stereocenters. The minimum atomic E-state index is -1.02. The van der Waals surface area contributed by atoms with Crippen molar-refractivity contribution in [2.45, 2.75) is 6.92 Å². The smallest absolute Gasteiger partial charge is 0.344 e. The van der Waals surface area contributed by atoms with Crippen LogP contribution in [-0.2, 0) is 4.74 Å². The first-order chi connectivity index (χ1) is 7.02. The SMILES string of the molecule is C=C(C)COC(=O)c1c(F)cccc1F. The van der Waals surface area contributed by atoms with E-state index in [1.54, 1.807) is 6.92 Å². The van der Waals surface area contributed by atoms with Crippen LogP contribution in [0.25, 0.3) is 0 Å². The fourth-order valence-electron chi connectivity index (χ4n) is 0.954. The van der Waals surface area contributed by atoms with Crippen molar-refractivity contribution in [1.82, 2.24) is 0 Å². The predicted octanol–water partition coefficient (Wildman–Crippen LogP) is 2.70. The summed E-state index contributed by atoms with van der Waals surface area (Å²) in [6.45, 7) is 5.10. The molecule has 0 aliphatic heterocycles. The van der Waals surface area contributed by atoms with Crippen molar-refractivity contribution in [3.8, 4) is 0 Å². The minimum Gasteiger partial charge on any atom is -0.457 e. The Hall–Kier alpha value is -1.71. The minimum absolute atomic E-state index is 0.0490. The maximum absolute atomic E-state index is 13.1. The predicted molar refractivity (Wildman–Crippen MR) is 51.5 cm³/mol. The molecule has 0 saturated heterocycles. The number of carbonyl (C=O) groups excluding carboxylic acids is 1. The van der Waals surface area contributed by atoms with Gasteiger partial charge in [-0.3, -0.25) is 0 Å². The van der Waals surface area contributed by atoms with Gasteiger partial charge in [0.15, 0.2) is 0 Å². The van der Waals surface area contributed by atoms with E-state index in [1.165, 1.54) is 6.07 Å². The van der Waals surface area contributed by atoms with Crippen molar-refractivity contribution in [2.75, 3.05) is 6.61 Å². The van der Waals surface area contributed by atoms with E-state index in [1.807, 2.05) is 0 Å². The lowest BCUT2D eigenvalue weighted by Gasteiger charge is -2.05. The molecule has 0 amide bonds. The molecule has 80 valence electrons. The summed E-state index contributed by atoms with van der Waals surface area (Å²) >= 11 is 0. The van der Waals surface area contributed by atoms with Gasteiger partial charge in [0.2, 0.25) is 0 Å². The first-order valence-corrected chi connectivity index (χ1v) is 4.28. The second kappa shape index (κ2) is 4.68. The highest BCUT2D eigenvalue weighted by Crippen LogP contribution is 2.13. The van der Waals surface area contributed by atoms with Gasteiger partial charge in [0.05, 0.1) is 0 Å². The molecule has 0 saturated carbocycles. The summed E-state index contributed by atoms with van der Waals surface area (Å²) in [5.74, 6) is -2.88. The van der Waals surface area contributed by atoms with Gasteiger partial charge in [-0.15, -0.1) is 0 Å². The standard InChI is InChI=1S/C11H10F2O2/c1-7(2)6-15-11(14)10-8(12)4-3-5-9(10)13/h3-5H,1,6H2,2H3. The molecule has 1 aromatic carbocycles. The highest BCUT2D eigenvalue weighted by Gasteiger charge is 2.18. The molecule has 0 aromatic heterocycles. The number of ether oxygens (including phenoxy) is 1. The van der Waals surface area contributed by atoms with Gasteiger partial charge in [0.25, 0.3) is 0 Å². The average Bonchev–Trinajstić information content (AvgIpc) is 2.14. The van der Waals surface area contributed by atoms with Gasteiger partial charge in [-0.1, -0.05) is 12.6 Å². The summed E-state index contributed by atoms with van der Waals surface area (Å²) in [7, 11) is 0. The molecule has 0 fully saturated rings. The van der Waals surface area contributed by atoms with Crippen molar-refractivity contribution in [2.24, 2.45) is 0 Å². The van der Waals surface area contributed by atoms with E-state index in [0.717, 1.165) is 12.1 Å². The second-order valence-electron chi connectivity index (χ2n) is 3.13. The van der Waals surface area contributed by atoms with E-state index in [4.69, 9.17) is 0 Å². The Morgan fingerprint density at radius 2 is 1.93 bits per heavy atom. The van der Waals surface area contributed by atoms with Crippen LogP contribution in [0, 0.1) is 11.6 Å². The Bertz CT molecular complexity index is 379. The van der Waals surface area contributed by atoms with Gasteiger partial charge in [-0.2, -0.15) is 0 Å². The molecule has 0 N–H and O–H groups in total. The van der Waals surface area contributed by atoms with Crippen molar-refractivity contribution < 1.29 is 18.3 Å². The van der Waals surface area contributed by atoms with E-state index < -0.39 is 23.2 Å². The number of rotatable bonds is 3. The molecular weight excluding hydrogens is 202 g/mol. The van der Waals surface area contributed by atoms with Gasteiger partial charge in [-0.05, 0) is 24.6 Å². The molecule has 0 radical (unpaired) electrons. The summed E-state index contributed by atoms with van der Waals surface area (Å²) in [4.78, 5) is 11.2. The number of hydrogen-bond acceptors (Lipinski definition) is 2. The lowest BCUT2D eigenvalue weighted by molar-refractivity contribution is 0.0529. The fourth-order valence-corrected chi connectivity index (χ4v) is 0.954. The van der Waals surface area contributed by atoms with Crippen molar-refractivity contribution in [1.29, 1.82) is 0 Å². The molecule has 2 nitrogen and oxygen atoms in total. The van der Waals surface area contributed by atoms with Gasteiger partial charge in [0.1, 0.15) is 23.8 Å². The zero-order chi connectivity index (χ0) is 11.4. The van der Waals surface area contributed by atoms with E-state index in [2.05, 4.69) is 11.3 Å². The van der Waals surface area contributed by atoms with E-state index in [0.29, 0.717) is 5.57 Å². The molecule has 0 aliphatic rings. The van der Waals surface area contributed by atoms with Crippen LogP contribution in [-0.4, -0.2) is 12.6 Å². The van der Waals surface area contributed by atoms with E-state index in [9.17, 15) is 13.6 Å². The van der Waals surface area contributed by atoms with Gasteiger partial charge in [-0.25, -0.2) is 13.6 Å². The maximum Gasteiger partial charge on any atom is 0.344 e. The maximum atomic E-state index is 13.1.